The van der Waals surface area contributed by atoms with Gasteiger partial charge in [0.25, 0.3) is 5.89 Å². The number of hydrogen-bond donors (Lipinski definition) is 0. The quantitative estimate of drug-likeness (QED) is 0.479. The van der Waals surface area contributed by atoms with Crippen LogP contribution in [-0.2, 0) is 4.79 Å². The maximum Gasteiger partial charge on any atom is 0.259 e. The van der Waals surface area contributed by atoms with Gasteiger partial charge in [0.15, 0.2) is 0 Å². The summed E-state index contributed by atoms with van der Waals surface area (Å²) in [5.74, 6) is 2.00. The summed E-state index contributed by atoms with van der Waals surface area (Å²) in [6.45, 7) is 7.29. The van der Waals surface area contributed by atoms with Crippen molar-refractivity contribution in [2.75, 3.05) is 13.2 Å². The first-order valence-corrected chi connectivity index (χ1v) is 11.6. The van der Waals surface area contributed by atoms with Crippen molar-refractivity contribution < 1.29 is 13.9 Å². The molecule has 164 valence electrons. The highest BCUT2D eigenvalue weighted by molar-refractivity contribution is 7.13. The Morgan fingerprint density at radius 1 is 1.26 bits per heavy atom. The number of thiazole rings is 1. The number of hydrogen-bond acceptors (Lipinski definition) is 7. The third-order valence-corrected chi connectivity index (χ3v) is 6.75. The summed E-state index contributed by atoms with van der Waals surface area (Å²) in [6.07, 6.45) is 3.99. The predicted molar refractivity (Wildman–Crippen MR) is 119 cm³/mol. The van der Waals surface area contributed by atoms with Gasteiger partial charge < -0.3 is 14.1 Å². The summed E-state index contributed by atoms with van der Waals surface area (Å²) < 4.78 is 11.9. The Balaban J connectivity index is 1.36. The van der Waals surface area contributed by atoms with E-state index in [1.165, 1.54) is 16.9 Å². The van der Waals surface area contributed by atoms with Gasteiger partial charge in [-0.1, -0.05) is 12.1 Å². The minimum atomic E-state index is -0.157. The second-order valence-corrected chi connectivity index (χ2v) is 8.82. The van der Waals surface area contributed by atoms with Crippen LogP contribution in [0.2, 0.25) is 0 Å². The molecule has 1 atom stereocenters. The zero-order valence-corrected chi connectivity index (χ0v) is 19.1. The molecule has 0 radical (unpaired) electrons. The summed E-state index contributed by atoms with van der Waals surface area (Å²) in [7, 11) is 0. The molecule has 0 unspecified atom stereocenters. The van der Waals surface area contributed by atoms with Gasteiger partial charge in [-0.05, 0) is 63.6 Å². The molecule has 1 aromatic carbocycles. The monoisotopic (exact) mass is 440 g/mol. The molecule has 1 amide bonds. The number of ether oxygens (including phenoxy) is 1. The van der Waals surface area contributed by atoms with Crippen molar-refractivity contribution in [2.45, 2.75) is 58.9 Å². The second kappa shape index (κ2) is 9.60. The van der Waals surface area contributed by atoms with Gasteiger partial charge in [0.2, 0.25) is 11.8 Å². The molecule has 7 nitrogen and oxygen atoms in total. The van der Waals surface area contributed by atoms with Crippen molar-refractivity contribution >= 4 is 17.2 Å². The predicted octanol–water partition coefficient (Wildman–Crippen LogP) is 5.03. The van der Waals surface area contributed by atoms with Crippen LogP contribution < -0.4 is 4.74 Å². The van der Waals surface area contributed by atoms with Crippen molar-refractivity contribution in [1.82, 2.24) is 20.1 Å². The first-order valence-electron chi connectivity index (χ1n) is 10.8. The van der Waals surface area contributed by atoms with Crippen molar-refractivity contribution in [2.24, 2.45) is 0 Å². The fourth-order valence-electron chi connectivity index (χ4n) is 3.88. The first kappa shape index (κ1) is 21.5. The highest BCUT2D eigenvalue weighted by atomic mass is 32.1. The molecule has 1 aliphatic heterocycles. The lowest BCUT2D eigenvalue weighted by Crippen LogP contribution is -2.38. The zero-order valence-electron chi connectivity index (χ0n) is 18.3. The fourth-order valence-corrected chi connectivity index (χ4v) is 4.61. The summed E-state index contributed by atoms with van der Waals surface area (Å²) in [5, 5.41) is 8.48. The molecule has 0 saturated carbocycles. The molecule has 0 N–H and O–H groups in total. The molecular weight excluding hydrogens is 412 g/mol. The Hall–Kier alpha value is -2.74. The van der Waals surface area contributed by atoms with Crippen molar-refractivity contribution in [3.05, 3.63) is 46.4 Å². The Kier molecular flexibility index (Phi) is 6.65. The number of aromatic nitrogens is 3. The lowest BCUT2D eigenvalue weighted by atomic mass is 10.0. The Morgan fingerprint density at radius 3 is 2.94 bits per heavy atom. The summed E-state index contributed by atoms with van der Waals surface area (Å²) in [6, 6.07) is 5.88. The number of nitrogens with zero attached hydrogens (tertiary/aromatic N) is 4. The summed E-state index contributed by atoms with van der Waals surface area (Å²) >= 11 is 1.48. The SMILES string of the molecule is Cc1cccc(OCCCC(=O)N2CCCC[C@@H]2c2nnc(-c3scnc3C)o2)c1C. The number of benzene rings is 1. The number of carbonyl (C=O) groups is 1. The van der Waals surface area contributed by atoms with Crippen LogP contribution in [-0.4, -0.2) is 39.1 Å². The Morgan fingerprint density at radius 2 is 2.13 bits per heavy atom. The molecule has 1 aliphatic rings. The highest BCUT2D eigenvalue weighted by Crippen LogP contribution is 2.34. The average Bonchev–Trinajstić information content (AvgIpc) is 3.42. The number of carbonyl (C=O) groups excluding carboxylic acids is 1. The minimum Gasteiger partial charge on any atom is -0.493 e. The molecule has 0 bridgehead atoms. The van der Waals surface area contributed by atoms with Crippen LogP contribution in [0.25, 0.3) is 10.8 Å². The van der Waals surface area contributed by atoms with Gasteiger partial charge in [-0.2, -0.15) is 0 Å². The number of piperidine rings is 1. The van der Waals surface area contributed by atoms with Gasteiger partial charge in [-0.25, -0.2) is 4.98 Å². The van der Waals surface area contributed by atoms with E-state index in [0.717, 1.165) is 47.7 Å². The largest absolute Gasteiger partial charge is 0.493 e. The molecule has 0 spiro atoms. The molecule has 2 aromatic heterocycles. The normalized spacial score (nSPS) is 16.5. The number of aryl methyl sites for hydroxylation is 2. The molecule has 3 heterocycles. The van der Waals surface area contributed by atoms with Crippen LogP contribution in [0.1, 0.15) is 60.9 Å². The molecule has 31 heavy (non-hydrogen) atoms. The van der Waals surface area contributed by atoms with Crippen molar-refractivity contribution in [1.29, 1.82) is 0 Å². The van der Waals surface area contributed by atoms with E-state index in [0.29, 0.717) is 31.2 Å². The van der Waals surface area contributed by atoms with Crippen LogP contribution in [0.4, 0.5) is 0 Å². The third-order valence-electron chi connectivity index (χ3n) is 5.84. The van der Waals surface area contributed by atoms with Crippen LogP contribution in [0, 0.1) is 20.8 Å². The smallest absolute Gasteiger partial charge is 0.259 e. The van der Waals surface area contributed by atoms with E-state index in [-0.39, 0.29) is 11.9 Å². The molecule has 1 saturated heterocycles. The lowest BCUT2D eigenvalue weighted by molar-refractivity contribution is -0.135. The van der Waals surface area contributed by atoms with Crippen LogP contribution in [0.15, 0.2) is 28.1 Å². The molecule has 1 fully saturated rings. The van der Waals surface area contributed by atoms with E-state index < -0.39 is 0 Å². The number of rotatable bonds is 7. The number of likely N-dealkylation sites (tertiary alicyclic amines) is 1. The van der Waals surface area contributed by atoms with Gasteiger partial charge in [0.05, 0.1) is 17.8 Å². The highest BCUT2D eigenvalue weighted by Gasteiger charge is 2.32. The first-order chi connectivity index (χ1) is 15.0. The maximum absolute atomic E-state index is 13.0. The molecule has 4 rings (SSSR count). The molecule has 3 aromatic rings. The molecule has 0 aliphatic carbocycles. The van der Waals surface area contributed by atoms with Gasteiger partial charge in [-0.15, -0.1) is 21.5 Å². The van der Waals surface area contributed by atoms with Crippen LogP contribution >= 0.6 is 11.3 Å². The zero-order chi connectivity index (χ0) is 21.8. The van der Waals surface area contributed by atoms with Gasteiger partial charge in [-0.3, -0.25) is 4.79 Å². The summed E-state index contributed by atoms with van der Waals surface area (Å²) in [4.78, 5) is 20.0. The third kappa shape index (κ3) is 4.79. The average molecular weight is 441 g/mol. The Bertz CT molecular complexity index is 1050. The van der Waals surface area contributed by atoms with E-state index in [1.54, 1.807) is 5.51 Å². The van der Waals surface area contributed by atoms with Crippen molar-refractivity contribution in [3.63, 3.8) is 0 Å². The minimum absolute atomic E-state index is 0.114. The van der Waals surface area contributed by atoms with Gasteiger partial charge >= 0.3 is 0 Å². The topological polar surface area (TPSA) is 81.4 Å². The molecule has 8 heteroatoms. The maximum atomic E-state index is 13.0. The second-order valence-electron chi connectivity index (χ2n) is 7.96. The fraction of sp³-hybridized carbons (Fsp3) is 0.478. The van der Waals surface area contributed by atoms with Crippen LogP contribution in [0.5, 0.6) is 5.75 Å². The van der Waals surface area contributed by atoms with E-state index in [2.05, 4.69) is 35.1 Å². The van der Waals surface area contributed by atoms with E-state index in [1.807, 2.05) is 24.0 Å². The standard InChI is InChI=1S/C23H28N4O3S/c1-15-8-6-10-19(16(15)2)29-13-7-11-20(28)27-12-5-4-9-18(27)22-25-26-23(30-22)21-17(3)24-14-31-21/h6,8,10,14,18H,4-5,7,9,11-13H2,1-3H3/t18-/m1/s1. The van der Waals surface area contributed by atoms with Crippen molar-refractivity contribution in [3.8, 4) is 16.5 Å². The van der Waals surface area contributed by atoms with Gasteiger partial charge in [0, 0.05) is 13.0 Å². The lowest BCUT2D eigenvalue weighted by Gasteiger charge is -2.33. The molecular formula is C23H28N4O3S. The van der Waals surface area contributed by atoms with E-state index in [9.17, 15) is 4.79 Å². The van der Waals surface area contributed by atoms with Gasteiger partial charge in [0.1, 0.15) is 16.7 Å². The summed E-state index contributed by atoms with van der Waals surface area (Å²) in [5.41, 5.74) is 5.00. The van der Waals surface area contributed by atoms with Crippen LogP contribution in [0.3, 0.4) is 0 Å². The van der Waals surface area contributed by atoms with E-state index in [4.69, 9.17) is 9.15 Å². The number of amides is 1. The van der Waals surface area contributed by atoms with E-state index >= 15 is 0 Å². The Labute approximate surface area is 186 Å².